The molecule has 0 saturated carbocycles. The van der Waals surface area contributed by atoms with E-state index in [-0.39, 0.29) is 17.8 Å². The molecule has 144 valence electrons. The molecule has 0 aromatic heterocycles. The summed E-state index contributed by atoms with van der Waals surface area (Å²) in [6.07, 6.45) is 0. The van der Waals surface area contributed by atoms with Crippen LogP contribution in [0.1, 0.15) is 23.6 Å². The molecule has 0 radical (unpaired) electrons. The van der Waals surface area contributed by atoms with Gasteiger partial charge in [0.2, 0.25) is 5.91 Å². The summed E-state index contributed by atoms with van der Waals surface area (Å²) < 4.78 is 14.0. The summed E-state index contributed by atoms with van der Waals surface area (Å²) in [5.74, 6) is -0.188. The van der Waals surface area contributed by atoms with Crippen molar-refractivity contribution in [3.8, 4) is 0 Å². The Bertz CT molecular complexity index is 805. The van der Waals surface area contributed by atoms with Crippen molar-refractivity contribution in [2.24, 2.45) is 0 Å². The van der Waals surface area contributed by atoms with Crippen LogP contribution in [-0.2, 0) is 4.79 Å². The molecule has 5 heteroatoms. The Hall–Kier alpha value is -2.40. The lowest BCUT2D eigenvalue weighted by atomic mass is 10.0. The highest BCUT2D eigenvalue weighted by Crippen LogP contribution is 2.23. The highest BCUT2D eigenvalue weighted by atomic mass is 19.1. The first-order valence-electron chi connectivity index (χ1n) is 9.49. The minimum absolute atomic E-state index is 0.00407. The molecule has 0 unspecified atom stereocenters. The first-order chi connectivity index (χ1) is 12.9. The van der Waals surface area contributed by atoms with Gasteiger partial charge in [0.05, 0.1) is 11.7 Å². The average Bonchev–Trinajstić information content (AvgIpc) is 2.64. The van der Waals surface area contributed by atoms with Crippen LogP contribution in [-0.4, -0.2) is 43.0 Å². The first kappa shape index (κ1) is 19.4. The fraction of sp³-hybridized carbons (Fsp3) is 0.409. The summed E-state index contributed by atoms with van der Waals surface area (Å²) in [5.41, 5.74) is 4.90. The van der Waals surface area contributed by atoms with Gasteiger partial charge in [-0.25, -0.2) is 4.39 Å². The number of hydrogen-bond donors (Lipinski definition) is 1. The summed E-state index contributed by atoms with van der Waals surface area (Å²) in [5, 5.41) is 3.10. The number of nitrogens with zero attached hydrogens (tertiary/aromatic N) is 2. The summed E-state index contributed by atoms with van der Waals surface area (Å²) in [7, 11) is 0. The molecule has 1 aliphatic heterocycles. The van der Waals surface area contributed by atoms with Gasteiger partial charge in [-0.3, -0.25) is 9.69 Å². The van der Waals surface area contributed by atoms with Crippen molar-refractivity contribution >= 4 is 17.3 Å². The fourth-order valence-electron chi connectivity index (χ4n) is 3.83. The van der Waals surface area contributed by atoms with Crippen LogP contribution < -0.4 is 10.2 Å². The molecular formula is C22H28FN3O. The SMILES string of the molecule is Cc1cc(C)c(NC(=O)[C@@H](C)N2CCN(c3ccccc3F)CC2)c(C)c1. The number of aryl methyl sites for hydroxylation is 3. The molecule has 0 aliphatic carbocycles. The number of amides is 1. The second-order valence-electron chi connectivity index (χ2n) is 7.41. The predicted molar refractivity (Wildman–Crippen MR) is 109 cm³/mol. The summed E-state index contributed by atoms with van der Waals surface area (Å²) in [6, 6.07) is 10.8. The summed E-state index contributed by atoms with van der Waals surface area (Å²) >= 11 is 0. The van der Waals surface area contributed by atoms with E-state index in [2.05, 4.69) is 29.3 Å². The minimum atomic E-state index is -0.229. The van der Waals surface area contributed by atoms with Crippen LogP contribution >= 0.6 is 0 Å². The van der Waals surface area contributed by atoms with Crippen molar-refractivity contribution in [3.05, 3.63) is 58.9 Å². The van der Waals surface area contributed by atoms with Gasteiger partial charge < -0.3 is 10.2 Å². The van der Waals surface area contributed by atoms with Crippen LogP contribution in [0.15, 0.2) is 36.4 Å². The Morgan fingerprint density at radius 2 is 1.63 bits per heavy atom. The highest BCUT2D eigenvalue weighted by molar-refractivity contribution is 5.96. The van der Waals surface area contributed by atoms with Crippen LogP contribution in [0.25, 0.3) is 0 Å². The Morgan fingerprint density at radius 1 is 1.04 bits per heavy atom. The number of halogens is 1. The number of piperazine rings is 1. The smallest absolute Gasteiger partial charge is 0.241 e. The third-order valence-electron chi connectivity index (χ3n) is 5.36. The number of anilines is 2. The van der Waals surface area contributed by atoms with E-state index in [4.69, 9.17) is 0 Å². The van der Waals surface area contributed by atoms with Crippen molar-refractivity contribution in [1.82, 2.24) is 4.90 Å². The number of hydrogen-bond acceptors (Lipinski definition) is 3. The van der Waals surface area contributed by atoms with Gasteiger partial charge in [-0.05, 0) is 51.0 Å². The van der Waals surface area contributed by atoms with Gasteiger partial charge in [-0.15, -0.1) is 0 Å². The molecule has 2 aromatic rings. The standard InChI is InChI=1S/C22H28FN3O/c1-15-13-16(2)21(17(3)14-15)24-22(27)18(4)25-9-11-26(12-10-25)20-8-6-5-7-19(20)23/h5-8,13-14,18H,9-12H2,1-4H3,(H,24,27)/t18-/m1/s1. The highest BCUT2D eigenvalue weighted by Gasteiger charge is 2.27. The molecule has 4 nitrogen and oxygen atoms in total. The Labute approximate surface area is 161 Å². The number of rotatable bonds is 4. The van der Waals surface area contributed by atoms with Gasteiger partial charge >= 0.3 is 0 Å². The van der Waals surface area contributed by atoms with Crippen LogP contribution in [0, 0.1) is 26.6 Å². The molecule has 3 rings (SSSR count). The minimum Gasteiger partial charge on any atom is -0.367 e. The fourth-order valence-corrected chi connectivity index (χ4v) is 3.83. The molecular weight excluding hydrogens is 341 g/mol. The lowest BCUT2D eigenvalue weighted by molar-refractivity contribution is -0.120. The van der Waals surface area contributed by atoms with E-state index in [9.17, 15) is 9.18 Å². The van der Waals surface area contributed by atoms with Crippen molar-refractivity contribution in [1.29, 1.82) is 0 Å². The molecule has 1 heterocycles. The maximum Gasteiger partial charge on any atom is 0.241 e. The molecule has 0 spiro atoms. The first-order valence-corrected chi connectivity index (χ1v) is 9.49. The van der Waals surface area contributed by atoms with E-state index in [1.165, 1.54) is 11.6 Å². The number of carbonyl (C=O) groups is 1. The second-order valence-corrected chi connectivity index (χ2v) is 7.41. The van der Waals surface area contributed by atoms with Crippen LogP contribution in [0.3, 0.4) is 0 Å². The van der Waals surface area contributed by atoms with Crippen molar-refractivity contribution in [2.75, 3.05) is 36.4 Å². The zero-order chi connectivity index (χ0) is 19.6. The summed E-state index contributed by atoms with van der Waals surface area (Å²) in [4.78, 5) is 17.0. The van der Waals surface area contributed by atoms with Gasteiger partial charge in [0.25, 0.3) is 0 Å². The van der Waals surface area contributed by atoms with E-state index in [1.807, 2.05) is 37.8 Å². The van der Waals surface area contributed by atoms with E-state index >= 15 is 0 Å². The third-order valence-corrected chi connectivity index (χ3v) is 5.36. The molecule has 1 aliphatic rings. The molecule has 1 atom stereocenters. The van der Waals surface area contributed by atoms with Crippen LogP contribution in [0.4, 0.5) is 15.8 Å². The van der Waals surface area contributed by atoms with Crippen LogP contribution in [0.2, 0.25) is 0 Å². The van der Waals surface area contributed by atoms with E-state index in [0.29, 0.717) is 18.8 Å². The number of carbonyl (C=O) groups excluding carboxylic acids is 1. The maximum atomic E-state index is 14.0. The molecule has 1 amide bonds. The molecule has 2 aromatic carbocycles. The topological polar surface area (TPSA) is 35.6 Å². The lowest BCUT2D eigenvalue weighted by Gasteiger charge is -2.38. The Balaban J connectivity index is 1.61. The number of para-hydroxylation sites is 1. The van der Waals surface area contributed by atoms with Crippen LogP contribution in [0.5, 0.6) is 0 Å². The van der Waals surface area contributed by atoms with Crippen molar-refractivity contribution in [3.63, 3.8) is 0 Å². The molecule has 0 bridgehead atoms. The Morgan fingerprint density at radius 3 is 2.22 bits per heavy atom. The second kappa shape index (κ2) is 8.09. The quantitative estimate of drug-likeness (QED) is 0.888. The normalized spacial score (nSPS) is 16.3. The third kappa shape index (κ3) is 4.30. The van der Waals surface area contributed by atoms with Gasteiger partial charge in [-0.2, -0.15) is 0 Å². The molecule has 1 saturated heterocycles. The van der Waals surface area contributed by atoms with E-state index < -0.39 is 0 Å². The molecule has 1 N–H and O–H groups in total. The number of benzene rings is 2. The average molecular weight is 369 g/mol. The molecule has 27 heavy (non-hydrogen) atoms. The lowest BCUT2D eigenvalue weighted by Crippen LogP contribution is -2.53. The predicted octanol–water partition coefficient (Wildman–Crippen LogP) is 3.90. The van der Waals surface area contributed by atoms with Gasteiger partial charge in [0, 0.05) is 31.9 Å². The van der Waals surface area contributed by atoms with E-state index in [1.54, 1.807) is 6.07 Å². The largest absolute Gasteiger partial charge is 0.367 e. The van der Waals surface area contributed by atoms with Gasteiger partial charge in [0.15, 0.2) is 0 Å². The monoisotopic (exact) mass is 369 g/mol. The van der Waals surface area contributed by atoms with Gasteiger partial charge in [-0.1, -0.05) is 29.8 Å². The number of nitrogens with one attached hydrogen (secondary N) is 1. The van der Waals surface area contributed by atoms with E-state index in [0.717, 1.165) is 29.9 Å². The van der Waals surface area contributed by atoms with Crippen molar-refractivity contribution in [2.45, 2.75) is 33.7 Å². The van der Waals surface area contributed by atoms with Gasteiger partial charge in [0.1, 0.15) is 5.82 Å². The maximum absolute atomic E-state index is 14.0. The summed E-state index contributed by atoms with van der Waals surface area (Å²) in [6.45, 7) is 10.9. The zero-order valence-electron chi connectivity index (χ0n) is 16.6. The zero-order valence-corrected chi connectivity index (χ0v) is 16.6. The Kier molecular flexibility index (Phi) is 5.80. The molecule has 1 fully saturated rings. The van der Waals surface area contributed by atoms with Crippen molar-refractivity contribution < 1.29 is 9.18 Å².